The Morgan fingerprint density at radius 2 is 1.94 bits per heavy atom. The van der Waals surface area contributed by atoms with Crippen molar-refractivity contribution in [1.29, 1.82) is 0 Å². The molecule has 16 heavy (non-hydrogen) atoms. The quantitative estimate of drug-likeness (QED) is 0.654. The van der Waals surface area contributed by atoms with E-state index in [1.807, 2.05) is 0 Å². The Morgan fingerprint density at radius 3 is 2.31 bits per heavy atom. The summed E-state index contributed by atoms with van der Waals surface area (Å²) in [6.07, 6.45) is -4.38. The molecule has 0 saturated carbocycles. The summed E-state index contributed by atoms with van der Waals surface area (Å²) < 4.78 is 38.3. The van der Waals surface area contributed by atoms with Crippen LogP contribution in [0, 0.1) is 0 Å². The third kappa shape index (κ3) is 2.17. The molecule has 1 N–H and O–H groups in total. The number of halogens is 4. The molecule has 0 aromatic heterocycles. The average molecular weight is 291 g/mol. The lowest BCUT2D eigenvalue weighted by molar-refractivity contribution is -0.245. The second-order valence-electron chi connectivity index (χ2n) is 3.20. The molecule has 1 aromatic carbocycles. The Bertz CT molecular complexity index is 419. The molecule has 0 amide bonds. The number of hydrogen-bond acceptors (Lipinski definition) is 1. The van der Waals surface area contributed by atoms with Gasteiger partial charge in [-0.3, -0.25) is 0 Å². The molecule has 0 aliphatic carbocycles. The van der Waals surface area contributed by atoms with Crippen LogP contribution in [-0.4, -0.2) is 19.1 Å². The molecule has 0 heterocycles. The molecule has 1 nitrogen and oxygen atoms in total. The van der Waals surface area contributed by atoms with Crippen molar-refractivity contribution in [3.63, 3.8) is 0 Å². The molecular formula is C10H7BBrF3O. The van der Waals surface area contributed by atoms with E-state index in [0.29, 0.717) is 6.08 Å². The summed E-state index contributed by atoms with van der Waals surface area (Å²) in [5.74, 6) is 0. The van der Waals surface area contributed by atoms with Crippen LogP contribution in [0.4, 0.5) is 13.2 Å². The average Bonchev–Trinajstić information content (AvgIpc) is 2.19. The number of hydrogen-bond donors (Lipinski definition) is 1. The Hall–Kier alpha value is -0.745. The van der Waals surface area contributed by atoms with Crippen molar-refractivity contribution in [2.75, 3.05) is 0 Å². The summed E-state index contributed by atoms with van der Waals surface area (Å²) >= 11 is 3.00. The first-order valence-electron chi connectivity index (χ1n) is 4.20. The van der Waals surface area contributed by atoms with Crippen molar-refractivity contribution in [1.82, 2.24) is 0 Å². The highest BCUT2D eigenvalue weighted by atomic mass is 79.9. The van der Waals surface area contributed by atoms with E-state index < -0.39 is 11.8 Å². The standard InChI is InChI=1S/C10H7BBrF3O/c1-2-9(16,10(13,14)15)6-3-4-7(11)8(12)5-6/h2-5,16H,1H2. The van der Waals surface area contributed by atoms with Crippen LogP contribution < -0.4 is 5.46 Å². The summed E-state index contributed by atoms with van der Waals surface area (Å²) in [7, 11) is 5.45. The maximum atomic E-state index is 12.7. The van der Waals surface area contributed by atoms with Gasteiger partial charge in [0.2, 0.25) is 5.60 Å². The maximum absolute atomic E-state index is 12.7. The second-order valence-corrected chi connectivity index (χ2v) is 4.06. The van der Waals surface area contributed by atoms with E-state index in [1.165, 1.54) is 6.07 Å². The van der Waals surface area contributed by atoms with Crippen LogP contribution in [-0.2, 0) is 5.60 Å². The van der Waals surface area contributed by atoms with Crippen LogP contribution in [0.1, 0.15) is 5.56 Å². The maximum Gasteiger partial charge on any atom is 0.425 e. The first-order valence-corrected chi connectivity index (χ1v) is 5.00. The van der Waals surface area contributed by atoms with Gasteiger partial charge in [-0.2, -0.15) is 13.2 Å². The molecule has 1 aromatic rings. The molecule has 84 valence electrons. The first-order chi connectivity index (χ1) is 7.22. The number of benzene rings is 1. The van der Waals surface area contributed by atoms with Crippen molar-refractivity contribution in [3.8, 4) is 0 Å². The largest absolute Gasteiger partial charge is 0.425 e. The van der Waals surface area contributed by atoms with Crippen LogP contribution in [0.15, 0.2) is 35.3 Å². The lowest BCUT2D eigenvalue weighted by atomic mass is 9.88. The van der Waals surface area contributed by atoms with E-state index in [0.717, 1.165) is 12.1 Å². The Labute approximate surface area is 101 Å². The van der Waals surface area contributed by atoms with E-state index in [1.54, 1.807) is 0 Å². The van der Waals surface area contributed by atoms with Crippen molar-refractivity contribution >= 4 is 29.2 Å². The van der Waals surface area contributed by atoms with Gasteiger partial charge < -0.3 is 5.11 Å². The van der Waals surface area contributed by atoms with Gasteiger partial charge in [-0.05, 0) is 17.7 Å². The minimum absolute atomic E-state index is 0.287. The van der Waals surface area contributed by atoms with Crippen LogP contribution in [0.25, 0.3) is 0 Å². The van der Waals surface area contributed by atoms with E-state index in [-0.39, 0.29) is 15.5 Å². The molecule has 1 atom stereocenters. The molecule has 0 aliphatic rings. The lowest BCUT2D eigenvalue weighted by Gasteiger charge is -2.27. The predicted octanol–water partition coefficient (Wildman–Crippen LogP) is 2.18. The van der Waals surface area contributed by atoms with Crippen molar-refractivity contribution < 1.29 is 18.3 Å². The van der Waals surface area contributed by atoms with Gasteiger partial charge in [0.15, 0.2) is 0 Å². The topological polar surface area (TPSA) is 20.2 Å². The van der Waals surface area contributed by atoms with E-state index in [4.69, 9.17) is 7.85 Å². The van der Waals surface area contributed by atoms with Gasteiger partial charge in [-0.15, -0.1) is 0 Å². The van der Waals surface area contributed by atoms with Gasteiger partial charge in [-0.25, -0.2) is 0 Å². The monoisotopic (exact) mass is 290 g/mol. The van der Waals surface area contributed by atoms with Crippen LogP contribution in [0.2, 0.25) is 0 Å². The van der Waals surface area contributed by atoms with E-state index in [9.17, 15) is 18.3 Å². The zero-order chi connectivity index (χ0) is 12.6. The molecule has 1 rings (SSSR count). The molecule has 0 fully saturated rings. The molecular weight excluding hydrogens is 284 g/mol. The smallest absolute Gasteiger partial charge is 0.373 e. The fraction of sp³-hybridized carbons (Fsp3) is 0.200. The highest BCUT2D eigenvalue weighted by Gasteiger charge is 2.52. The summed E-state index contributed by atoms with van der Waals surface area (Å²) in [6, 6.07) is 3.50. The zero-order valence-corrected chi connectivity index (χ0v) is 9.64. The number of rotatable bonds is 2. The molecule has 6 heteroatoms. The fourth-order valence-corrected chi connectivity index (χ4v) is 1.54. The van der Waals surface area contributed by atoms with Crippen molar-refractivity contribution in [2.45, 2.75) is 11.8 Å². The number of aliphatic hydroxyl groups is 1. The summed E-state index contributed by atoms with van der Waals surface area (Å²) in [4.78, 5) is 0. The highest BCUT2D eigenvalue weighted by molar-refractivity contribution is 9.10. The van der Waals surface area contributed by atoms with Gasteiger partial charge in [0.25, 0.3) is 0 Å². The normalized spacial score (nSPS) is 15.6. The SMILES string of the molecule is [B]c1ccc(C(O)(C=C)C(F)(F)F)cc1Br. The third-order valence-corrected chi connectivity index (χ3v) is 2.85. The van der Waals surface area contributed by atoms with Crippen molar-refractivity contribution in [3.05, 3.63) is 40.9 Å². The Kier molecular flexibility index (Phi) is 3.54. The Balaban J connectivity index is 3.35. The van der Waals surface area contributed by atoms with Gasteiger partial charge in [0, 0.05) is 4.47 Å². The summed E-state index contributed by atoms with van der Waals surface area (Å²) in [5.41, 5.74) is -3.11. The molecule has 0 saturated heterocycles. The molecule has 0 spiro atoms. The molecule has 0 aliphatic heterocycles. The second kappa shape index (κ2) is 4.26. The predicted molar refractivity (Wildman–Crippen MR) is 59.7 cm³/mol. The number of alkyl halides is 3. The van der Waals surface area contributed by atoms with Gasteiger partial charge in [0.1, 0.15) is 7.85 Å². The minimum Gasteiger partial charge on any atom is -0.373 e. The highest BCUT2D eigenvalue weighted by Crippen LogP contribution is 2.40. The van der Waals surface area contributed by atoms with Gasteiger partial charge in [-0.1, -0.05) is 40.1 Å². The fourth-order valence-electron chi connectivity index (χ4n) is 1.16. The van der Waals surface area contributed by atoms with Gasteiger partial charge in [0.05, 0.1) is 0 Å². The molecule has 0 bridgehead atoms. The van der Waals surface area contributed by atoms with Crippen LogP contribution in [0.3, 0.4) is 0 Å². The molecule has 1 unspecified atom stereocenters. The molecule has 2 radical (unpaired) electrons. The summed E-state index contributed by atoms with van der Waals surface area (Å²) in [5, 5.41) is 9.54. The van der Waals surface area contributed by atoms with Crippen molar-refractivity contribution in [2.24, 2.45) is 0 Å². The first kappa shape index (κ1) is 13.3. The summed E-state index contributed by atoms with van der Waals surface area (Å²) in [6.45, 7) is 3.01. The lowest BCUT2D eigenvalue weighted by Crippen LogP contribution is -2.40. The van der Waals surface area contributed by atoms with Crippen LogP contribution >= 0.6 is 15.9 Å². The van der Waals surface area contributed by atoms with Gasteiger partial charge >= 0.3 is 6.18 Å². The Morgan fingerprint density at radius 1 is 1.38 bits per heavy atom. The van der Waals surface area contributed by atoms with E-state index >= 15 is 0 Å². The third-order valence-electron chi connectivity index (χ3n) is 2.17. The zero-order valence-electron chi connectivity index (χ0n) is 8.05. The minimum atomic E-state index is -4.83. The van der Waals surface area contributed by atoms with Crippen LogP contribution in [0.5, 0.6) is 0 Å². The van der Waals surface area contributed by atoms with E-state index in [2.05, 4.69) is 22.5 Å².